The van der Waals surface area contributed by atoms with Crippen LogP contribution in [0, 0.1) is 5.92 Å². The highest BCUT2D eigenvalue weighted by atomic mass is 16.2. The van der Waals surface area contributed by atoms with E-state index in [-0.39, 0.29) is 0 Å². The second-order valence-electron chi connectivity index (χ2n) is 5.15. The third-order valence-corrected chi connectivity index (χ3v) is 4.07. The Morgan fingerprint density at radius 3 is 2.33 bits per heavy atom. The lowest BCUT2D eigenvalue weighted by Crippen LogP contribution is -2.51. The summed E-state index contributed by atoms with van der Waals surface area (Å²) in [5, 5.41) is 0. The van der Waals surface area contributed by atoms with Crippen molar-refractivity contribution >= 4 is 11.6 Å². The summed E-state index contributed by atoms with van der Waals surface area (Å²) in [5.41, 5.74) is 1.21. The van der Waals surface area contributed by atoms with Crippen molar-refractivity contribution in [3.05, 3.63) is 24.5 Å². The number of carbonyl (C=O) groups is 1. The third kappa shape index (κ3) is 2.19. The summed E-state index contributed by atoms with van der Waals surface area (Å²) in [7, 11) is 0. The molecule has 0 spiro atoms. The molecule has 0 atom stereocenters. The molecule has 2 aliphatic rings. The van der Waals surface area contributed by atoms with Crippen molar-refractivity contribution in [2.45, 2.75) is 19.3 Å². The summed E-state index contributed by atoms with van der Waals surface area (Å²) in [6, 6.07) is 4.06. The summed E-state index contributed by atoms with van der Waals surface area (Å²) >= 11 is 0. The van der Waals surface area contributed by atoms with Crippen LogP contribution >= 0.6 is 0 Å². The molecule has 1 saturated carbocycles. The Morgan fingerprint density at radius 2 is 1.78 bits per heavy atom. The smallest absolute Gasteiger partial charge is 0.225 e. The Morgan fingerprint density at radius 1 is 1.11 bits per heavy atom. The van der Waals surface area contributed by atoms with Gasteiger partial charge in [-0.15, -0.1) is 0 Å². The molecule has 0 radical (unpaired) electrons. The molecule has 1 amide bonds. The molecule has 1 aliphatic heterocycles. The number of aromatic nitrogens is 1. The van der Waals surface area contributed by atoms with Crippen LogP contribution in [0.5, 0.6) is 0 Å². The van der Waals surface area contributed by atoms with Gasteiger partial charge in [0.25, 0.3) is 0 Å². The molecule has 4 nitrogen and oxygen atoms in total. The molecule has 0 N–H and O–H groups in total. The average Bonchev–Trinajstić information content (AvgIpc) is 2.38. The summed E-state index contributed by atoms with van der Waals surface area (Å²) < 4.78 is 0. The van der Waals surface area contributed by atoms with Gasteiger partial charge in [0, 0.05) is 50.2 Å². The molecule has 1 aliphatic carbocycles. The van der Waals surface area contributed by atoms with E-state index in [0.29, 0.717) is 11.8 Å². The van der Waals surface area contributed by atoms with Crippen LogP contribution in [0.1, 0.15) is 19.3 Å². The summed E-state index contributed by atoms with van der Waals surface area (Å²) in [6.45, 7) is 3.58. The van der Waals surface area contributed by atoms with Crippen LogP contribution in [0.2, 0.25) is 0 Å². The van der Waals surface area contributed by atoms with Gasteiger partial charge in [-0.25, -0.2) is 0 Å². The number of piperazine rings is 1. The van der Waals surface area contributed by atoms with E-state index in [0.717, 1.165) is 39.0 Å². The Labute approximate surface area is 108 Å². The maximum absolute atomic E-state index is 12.1. The highest BCUT2D eigenvalue weighted by Gasteiger charge is 2.31. The first-order valence-corrected chi connectivity index (χ1v) is 6.78. The second kappa shape index (κ2) is 4.96. The maximum atomic E-state index is 12.1. The van der Waals surface area contributed by atoms with E-state index in [4.69, 9.17) is 0 Å². The zero-order valence-electron chi connectivity index (χ0n) is 10.6. The van der Waals surface area contributed by atoms with Gasteiger partial charge in [0.2, 0.25) is 5.91 Å². The molecule has 1 aromatic rings. The molecule has 1 saturated heterocycles. The minimum Gasteiger partial charge on any atom is -0.368 e. The fourth-order valence-electron chi connectivity index (χ4n) is 2.65. The number of hydrogen-bond acceptors (Lipinski definition) is 3. The Bertz CT molecular complexity index is 408. The van der Waals surface area contributed by atoms with E-state index >= 15 is 0 Å². The minimum absolute atomic E-state index is 0.331. The molecule has 3 rings (SSSR count). The third-order valence-electron chi connectivity index (χ3n) is 4.07. The first-order valence-electron chi connectivity index (χ1n) is 6.78. The van der Waals surface area contributed by atoms with Crippen LogP contribution in [-0.4, -0.2) is 42.0 Å². The molecule has 2 fully saturated rings. The van der Waals surface area contributed by atoms with Gasteiger partial charge < -0.3 is 9.80 Å². The van der Waals surface area contributed by atoms with Crippen molar-refractivity contribution in [1.82, 2.24) is 9.88 Å². The summed E-state index contributed by atoms with van der Waals surface area (Å²) in [4.78, 5) is 20.5. The Hall–Kier alpha value is -1.58. The molecule has 1 aromatic heterocycles. The number of rotatable bonds is 2. The maximum Gasteiger partial charge on any atom is 0.225 e. The number of nitrogens with zero attached hydrogens (tertiary/aromatic N) is 3. The van der Waals surface area contributed by atoms with Crippen molar-refractivity contribution in [2.24, 2.45) is 5.92 Å². The normalized spacial score (nSPS) is 20.7. The van der Waals surface area contributed by atoms with Crippen molar-refractivity contribution in [1.29, 1.82) is 0 Å². The van der Waals surface area contributed by atoms with Crippen molar-refractivity contribution in [3.63, 3.8) is 0 Å². The van der Waals surface area contributed by atoms with Crippen molar-refractivity contribution in [3.8, 4) is 0 Å². The molecule has 0 bridgehead atoms. The van der Waals surface area contributed by atoms with E-state index in [2.05, 4.69) is 9.88 Å². The SMILES string of the molecule is O=C(C1CCC1)N1CCN(c2ccncc2)CC1. The van der Waals surface area contributed by atoms with E-state index in [1.54, 1.807) is 0 Å². The fraction of sp³-hybridized carbons (Fsp3) is 0.571. The predicted octanol–water partition coefficient (Wildman–Crippen LogP) is 1.53. The van der Waals surface area contributed by atoms with Gasteiger partial charge in [-0.1, -0.05) is 6.42 Å². The van der Waals surface area contributed by atoms with E-state index in [1.807, 2.05) is 29.4 Å². The second-order valence-corrected chi connectivity index (χ2v) is 5.15. The first kappa shape index (κ1) is 11.5. The van der Waals surface area contributed by atoms with Gasteiger partial charge in [0.15, 0.2) is 0 Å². The quantitative estimate of drug-likeness (QED) is 0.793. The van der Waals surface area contributed by atoms with E-state index < -0.39 is 0 Å². The number of pyridine rings is 1. The van der Waals surface area contributed by atoms with Crippen LogP contribution in [0.25, 0.3) is 0 Å². The molecule has 0 aromatic carbocycles. The van der Waals surface area contributed by atoms with Gasteiger partial charge in [-0.2, -0.15) is 0 Å². The lowest BCUT2D eigenvalue weighted by atomic mass is 9.84. The van der Waals surface area contributed by atoms with Crippen LogP contribution < -0.4 is 4.90 Å². The molecule has 4 heteroatoms. The zero-order valence-corrected chi connectivity index (χ0v) is 10.6. The van der Waals surface area contributed by atoms with Crippen LogP contribution in [0.15, 0.2) is 24.5 Å². The number of hydrogen-bond donors (Lipinski definition) is 0. The number of carbonyl (C=O) groups excluding carboxylic acids is 1. The van der Waals surface area contributed by atoms with Crippen LogP contribution in [-0.2, 0) is 4.79 Å². The minimum atomic E-state index is 0.331. The highest BCUT2D eigenvalue weighted by Crippen LogP contribution is 2.28. The van der Waals surface area contributed by atoms with Crippen LogP contribution in [0.3, 0.4) is 0 Å². The van der Waals surface area contributed by atoms with Gasteiger partial charge in [0.1, 0.15) is 0 Å². The zero-order chi connectivity index (χ0) is 12.4. The average molecular weight is 245 g/mol. The largest absolute Gasteiger partial charge is 0.368 e. The first-order chi connectivity index (χ1) is 8.84. The molecular formula is C14H19N3O. The van der Waals surface area contributed by atoms with Crippen molar-refractivity contribution < 1.29 is 4.79 Å². The molecule has 2 heterocycles. The van der Waals surface area contributed by atoms with Crippen molar-refractivity contribution in [2.75, 3.05) is 31.1 Å². The lowest BCUT2D eigenvalue weighted by Gasteiger charge is -2.39. The van der Waals surface area contributed by atoms with E-state index in [9.17, 15) is 4.79 Å². The lowest BCUT2D eigenvalue weighted by molar-refractivity contribution is -0.138. The summed E-state index contributed by atoms with van der Waals surface area (Å²) in [6.07, 6.45) is 7.07. The fourth-order valence-corrected chi connectivity index (χ4v) is 2.65. The van der Waals surface area contributed by atoms with Gasteiger partial charge >= 0.3 is 0 Å². The molecule has 18 heavy (non-hydrogen) atoms. The molecular weight excluding hydrogens is 226 g/mol. The van der Waals surface area contributed by atoms with Gasteiger partial charge in [-0.05, 0) is 25.0 Å². The topological polar surface area (TPSA) is 36.4 Å². The predicted molar refractivity (Wildman–Crippen MR) is 70.4 cm³/mol. The van der Waals surface area contributed by atoms with Gasteiger partial charge in [0.05, 0.1) is 0 Å². The Kier molecular flexibility index (Phi) is 3.17. The summed E-state index contributed by atoms with van der Waals surface area (Å²) in [5.74, 6) is 0.716. The monoisotopic (exact) mass is 245 g/mol. The van der Waals surface area contributed by atoms with Gasteiger partial charge in [-0.3, -0.25) is 9.78 Å². The number of amides is 1. The van der Waals surface area contributed by atoms with Crippen LogP contribution in [0.4, 0.5) is 5.69 Å². The van der Waals surface area contributed by atoms with E-state index in [1.165, 1.54) is 12.1 Å². The highest BCUT2D eigenvalue weighted by molar-refractivity contribution is 5.79. The molecule has 96 valence electrons. The Balaban J connectivity index is 1.56. The standard InChI is InChI=1S/C14H19N3O/c18-14(12-2-1-3-12)17-10-8-16(9-11-17)13-4-6-15-7-5-13/h4-7,12H,1-3,8-11H2. The number of anilines is 1. The molecule has 0 unspecified atom stereocenters.